The first kappa shape index (κ1) is 23.9. The highest BCUT2D eigenvalue weighted by Crippen LogP contribution is 2.45. The lowest BCUT2D eigenvalue weighted by Crippen LogP contribution is -2.31. The maximum Gasteiger partial charge on any atom is 0.248 e. The summed E-state index contributed by atoms with van der Waals surface area (Å²) in [5, 5.41) is 7.91. The predicted molar refractivity (Wildman–Crippen MR) is 141 cm³/mol. The van der Waals surface area contributed by atoms with Gasteiger partial charge in [0, 0.05) is 30.1 Å². The minimum absolute atomic E-state index is 0.0520. The molecule has 3 unspecified atom stereocenters. The number of aromatic nitrogens is 4. The Morgan fingerprint density at radius 1 is 1.08 bits per heavy atom. The number of halogens is 2. The zero-order valence-corrected chi connectivity index (χ0v) is 22.0. The molecular formula is C27H34F2N6S. The van der Waals surface area contributed by atoms with Crippen LogP contribution in [-0.2, 0) is 0 Å². The number of nitrogens with one attached hydrogen (secondary N) is 2. The van der Waals surface area contributed by atoms with E-state index in [1.165, 1.54) is 32.1 Å². The standard InChI is InChI=1S/C27H34F2N6S/c1-14(16-5-4-6-16)31-26-32-15(2)21(24(35-26)33-19-10-9-18(13-19)27(3,28)29)25-34-23-20(36-25)11-12-30-22(23)17-7-8-17/h11-12,14,16-19H,4-10,13H2,1-3H3,(H2,31,32,33,35). The van der Waals surface area contributed by atoms with E-state index < -0.39 is 11.8 Å². The number of nitrogens with zero attached hydrogens (tertiary/aromatic N) is 4. The van der Waals surface area contributed by atoms with Crippen molar-refractivity contribution >= 4 is 33.3 Å². The molecule has 2 N–H and O–H groups in total. The van der Waals surface area contributed by atoms with Crippen molar-refractivity contribution < 1.29 is 8.78 Å². The van der Waals surface area contributed by atoms with Crippen molar-refractivity contribution in [3.05, 3.63) is 23.7 Å². The average molecular weight is 513 g/mol. The van der Waals surface area contributed by atoms with Crippen LogP contribution in [0.5, 0.6) is 0 Å². The highest BCUT2D eigenvalue weighted by Gasteiger charge is 2.40. The Morgan fingerprint density at radius 2 is 1.89 bits per heavy atom. The summed E-state index contributed by atoms with van der Waals surface area (Å²) in [4.78, 5) is 19.4. The second kappa shape index (κ2) is 9.15. The molecule has 0 aliphatic heterocycles. The summed E-state index contributed by atoms with van der Waals surface area (Å²) in [6.45, 7) is 5.22. The van der Waals surface area contributed by atoms with Gasteiger partial charge in [-0.3, -0.25) is 4.98 Å². The van der Waals surface area contributed by atoms with Crippen molar-refractivity contribution in [3.8, 4) is 10.6 Å². The molecule has 3 heterocycles. The van der Waals surface area contributed by atoms with Crippen molar-refractivity contribution in [1.82, 2.24) is 19.9 Å². The second-order valence-electron chi connectivity index (χ2n) is 11.1. The van der Waals surface area contributed by atoms with E-state index in [1.807, 2.05) is 19.2 Å². The summed E-state index contributed by atoms with van der Waals surface area (Å²) in [5.41, 5.74) is 3.76. The number of anilines is 2. The van der Waals surface area contributed by atoms with Gasteiger partial charge in [-0.1, -0.05) is 6.42 Å². The minimum atomic E-state index is -2.66. The molecule has 0 saturated heterocycles. The van der Waals surface area contributed by atoms with Crippen molar-refractivity contribution in [1.29, 1.82) is 0 Å². The number of thiazole rings is 1. The van der Waals surface area contributed by atoms with Crippen LogP contribution in [0.25, 0.3) is 20.8 Å². The summed E-state index contributed by atoms with van der Waals surface area (Å²) in [6.07, 6.45) is 9.60. The van der Waals surface area contributed by atoms with Crippen LogP contribution in [0.4, 0.5) is 20.5 Å². The zero-order valence-electron chi connectivity index (χ0n) is 21.2. The van der Waals surface area contributed by atoms with Gasteiger partial charge < -0.3 is 10.6 Å². The molecule has 0 amide bonds. The third-order valence-corrected chi connectivity index (χ3v) is 9.35. The zero-order chi connectivity index (χ0) is 25.0. The van der Waals surface area contributed by atoms with E-state index in [-0.39, 0.29) is 6.04 Å². The fourth-order valence-corrected chi connectivity index (χ4v) is 6.73. The monoisotopic (exact) mass is 512 g/mol. The molecule has 0 aromatic carbocycles. The number of fused-ring (bicyclic) bond motifs is 1. The van der Waals surface area contributed by atoms with Crippen LogP contribution in [0.15, 0.2) is 12.3 Å². The SMILES string of the molecule is Cc1nc(NC(C)C2CCC2)nc(NC2CCC(C(C)(F)F)C2)c1-c1nc2c(C3CC3)nccc2s1. The molecule has 36 heavy (non-hydrogen) atoms. The topological polar surface area (TPSA) is 75.6 Å². The van der Waals surface area contributed by atoms with Crippen LogP contribution >= 0.6 is 11.3 Å². The van der Waals surface area contributed by atoms with E-state index in [0.717, 1.165) is 39.1 Å². The molecular weight excluding hydrogens is 478 g/mol. The van der Waals surface area contributed by atoms with Crippen molar-refractivity contribution in [2.45, 2.75) is 96.1 Å². The Labute approximate surface area is 214 Å². The van der Waals surface area contributed by atoms with Crippen LogP contribution in [0.1, 0.15) is 82.5 Å². The molecule has 192 valence electrons. The first-order valence-electron chi connectivity index (χ1n) is 13.3. The summed E-state index contributed by atoms with van der Waals surface area (Å²) < 4.78 is 29.1. The van der Waals surface area contributed by atoms with E-state index >= 15 is 0 Å². The smallest absolute Gasteiger partial charge is 0.248 e. The summed E-state index contributed by atoms with van der Waals surface area (Å²) >= 11 is 1.63. The summed E-state index contributed by atoms with van der Waals surface area (Å²) in [6, 6.07) is 2.26. The quantitative estimate of drug-likeness (QED) is 0.333. The number of pyridine rings is 1. The molecule has 0 bridgehead atoms. The van der Waals surface area contributed by atoms with E-state index in [0.29, 0.717) is 48.9 Å². The first-order chi connectivity index (χ1) is 17.3. The molecule has 3 fully saturated rings. The Bertz CT molecular complexity index is 1260. The molecule has 3 saturated carbocycles. The Morgan fingerprint density at radius 3 is 2.56 bits per heavy atom. The highest BCUT2D eigenvalue weighted by atomic mass is 32.1. The second-order valence-corrected chi connectivity index (χ2v) is 12.2. The highest BCUT2D eigenvalue weighted by molar-refractivity contribution is 7.21. The minimum Gasteiger partial charge on any atom is -0.367 e. The average Bonchev–Trinajstić information content (AvgIpc) is 3.33. The normalized spacial score (nSPS) is 23.6. The summed E-state index contributed by atoms with van der Waals surface area (Å²) in [7, 11) is 0. The van der Waals surface area contributed by atoms with E-state index in [4.69, 9.17) is 15.0 Å². The van der Waals surface area contributed by atoms with Gasteiger partial charge in [-0.25, -0.2) is 18.7 Å². The molecule has 3 aliphatic carbocycles. The van der Waals surface area contributed by atoms with Crippen molar-refractivity contribution in [2.75, 3.05) is 10.6 Å². The van der Waals surface area contributed by atoms with Crippen LogP contribution in [0.3, 0.4) is 0 Å². The lowest BCUT2D eigenvalue weighted by atomic mass is 9.80. The number of hydrogen-bond acceptors (Lipinski definition) is 7. The van der Waals surface area contributed by atoms with Gasteiger partial charge in [0.15, 0.2) is 0 Å². The Hall–Kier alpha value is -2.42. The van der Waals surface area contributed by atoms with E-state index in [9.17, 15) is 8.78 Å². The maximum absolute atomic E-state index is 14.0. The number of rotatable bonds is 8. The number of hydrogen-bond donors (Lipinski definition) is 2. The third kappa shape index (κ3) is 4.66. The lowest BCUT2D eigenvalue weighted by molar-refractivity contribution is -0.0369. The van der Waals surface area contributed by atoms with Crippen LogP contribution in [0.2, 0.25) is 0 Å². The largest absolute Gasteiger partial charge is 0.367 e. The fraction of sp³-hybridized carbons (Fsp3) is 0.630. The molecule has 6 rings (SSSR count). The predicted octanol–water partition coefficient (Wildman–Crippen LogP) is 7.17. The van der Waals surface area contributed by atoms with Crippen LogP contribution < -0.4 is 10.6 Å². The molecule has 0 spiro atoms. The van der Waals surface area contributed by atoms with Gasteiger partial charge in [0.05, 0.1) is 21.7 Å². The van der Waals surface area contributed by atoms with Crippen LogP contribution in [-0.4, -0.2) is 37.9 Å². The molecule has 3 aromatic rings. The molecule has 3 atom stereocenters. The Kier molecular flexibility index (Phi) is 6.09. The van der Waals surface area contributed by atoms with Gasteiger partial charge in [0.2, 0.25) is 11.9 Å². The van der Waals surface area contributed by atoms with Gasteiger partial charge in [-0.2, -0.15) is 4.98 Å². The van der Waals surface area contributed by atoms with Gasteiger partial charge in [0.1, 0.15) is 16.3 Å². The lowest BCUT2D eigenvalue weighted by Gasteiger charge is -2.32. The van der Waals surface area contributed by atoms with Gasteiger partial charge >= 0.3 is 0 Å². The number of aryl methyl sites for hydroxylation is 1. The van der Waals surface area contributed by atoms with Gasteiger partial charge in [-0.15, -0.1) is 11.3 Å². The third-order valence-electron chi connectivity index (χ3n) is 8.31. The fourth-order valence-electron chi connectivity index (χ4n) is 5.66. The maximum atomic E-state index is 14.0. The number of alkyl halides is 2. The van der Waals surface area contributed by atoms with Gasteiger partial charge in [-0.05, 0) is 77.7 Å². The Balaban J connectivity index is 1.36. The van der Waals surface area contributed by atoms with Crippen molar-refractivity contribution in [2.24, 2.45) is 11.8 Å². The van der Waals surface area contributed by atoms with Crippen molar-refractivity contribution in [3.63, 3.8) is 0 Å². The molecule has 9 heteroatoms. The molecule has 3 aromatic heterocycles. The molecule has 3 aliphatic rings. The molecule has 6 nitrogen and oxygen atoms in total. The first-order valence-corrected chi connectivity index (χ1v) is 14.1. The van der Waals surface area contributed by atoms with Gasteiger partial charge in [0.25, 0.3) is 0 Å². The van der Waals surface area contributed by atoms with E-state index in [2.05, 4.69) is 22.5 Å². The molecule has 0 radical (unpaired) electrons. The van der Waals surface area contributed by atoms with E-state index in [1.54, 1.807) is 11.3 Å². The summed E-state index contributed by atoms with van der Waals surface area (Å²) in [5.74, 6) is -0.835. The van der Waals surface area contributed by atoms with Crippen LogP contribution in [0, 0.1) is 18.8 Å².